The second kappa shape index (κ2) is 13.1. The fourth-order valence-electron chi connectivity index (χ4n) is 3.03. The maximum Gasteiger partial charge on any atom is 0.251 e. The summed E-state index contributed by atoms with van der Waals surface area (Å²) >= 11 is 0. The van der Waals surface area contributed by atoms with E-state index in [1.165, 1.54) is 0 Å². The molecule has 0 spiro atoms. The lowest BCUT2D eigenvalue weighted by atomic mass is 10.1. The molecule has 3 N–H and O–H groups in total. The zero-order chi connectivity index (χ0) is 22.5. The van der Waals surface area contributed by atoms with Crippen LogP contribution in [0.15, 0.2) is 52.1 Å². The second-order valence-electron chi connectivity index (χ2n) is 6.90. The van der Waals surface area contributed by atoms with E-state index in [0.29, 0.717) is 49.9 Å². The number of hydrogen-bond acceptors (Lipinski definition) is 4. The minimum Gasteiger partial charge on any atom is -0.467 e. The highest BCUT2D eigenvalue weighted by atomic mass is 16.3. The summed E-state index contributed by atoms with van der Waals surface area (Å²) in [6.07, 6.45) is 1.99. The lowest BCUT2D eigenvalue weighted by Gasteiger charge is -2.19. The van der Waals surface area contributed by atoms with Crippen LogP contribution < -0.4 is 16.0 Å². The van der Waals surface area contributed by atoms with Crippen molar-refractivity contribution >= 4 is 17.8 Å². The SMILES string of the molecule is CCNC(=NCc1cccc(C(=O)NCc2ccco2)c1)NCCC(=O)N(CC)CC. The first-order valence-electron chi connectivity index (χ1n) is 10.8. The average molecular weight is 428 g/mol. The van der Waals surface area contributed by atoms with Crippen molar-refractivity contribution in [3.05, 3.63) is 59.5 Å². The third kappa shape index (κ3) is 8.16. The van der Waals surface area contributed by atoms with Gasteiger partial charge in [-0.2, -0.15) is 0 Å². The van der Waals surface area contributed by atoms with Crippen LogP contribution >= 0.6 is 0 Å². The van der Waals surface area contributed by atoms with E-state index in [1.807, 2.05) is 49.9 Å². The predicted octanol–water partition coefficient (Wildman–Crippen LogP) is 2.52. The van der Waals surface area contributed by atoms with Crippen LogP contribution in [0.1, 0.15) is 48.9 Å². The molecule has 1 heterocycles. The van der Waals surface area contributed by atoms with E-state index >= 15 is 0 Å². The highest BCUT2D eigenvalue weighted by molar-refractivity contribution is 5.94. The molecule has 0 bridgehead atoms. The highest BCUT2D eigenvalue weighted by Crippen LogP contribution is 2.08. The van der Waals surface area contributed by atoms with E-state index in [9.17, 15) is 9.59 Å². The monoisotopic (exact) mass is 427 g/mol. The molecule has 0 aliphatic carbocycles. The normalized spacial score (nSPS) is 11.1. The number of benzene rings is 1. The van der Waals surface area contributed by atoms with Crippen molar-refractivity contribution in [1.29, 1.82) is 0 Å². The molecule has 0 saturated carbocycles. The first-order chi connectivity index (χ1) is 15.1. The van der Waals surface area contributed by atoms with Gasteiger partial charge in [0.2, 0.25) is 5.91 Å². The van der Waals surface area contributed by atoms with Crippen LogP contribution in [-0.2, 0) is 17.9 Å². The Morgan fingerprint density at radius 3 is 2.52 bits per heavy atom. The molecule has 8 heteroatoms. The molecule has 8 nitrogen and oxygen atoms in total. The van der Waals surface area contributed by atoms with Crippen LogP contribution in [0.2, 0.25) is 0 Å². The van der Waals surface area contributed by atoms with E-state index in [0.717, 1.165) is 18.7 Å². The van der Waals surface area contributed by atoms with Crippen molar-refractivity contribution in [1.82, 2.24) is 20.9 Å². The minimum atomic E-state index is -0.165. The van der Waals surface area contributed by atoms with Gasteiger partial charge in [-0.05, 0) is 50.6 Å². The van der Waals surface area contributed by atoms with Crippen LogP contribution in [0, 0.1) is 0 Å². The smallest absolute Gasteiger partial charge is 0.251 e. The van der Waals surface area contributed by atoms with Gasteiger partial charge in [0.15, 0.2) is 5.96 Å². The van der Waals surface area contributed by atoms with Crippen molar-refractivity contribution in [3.63, 3.8) is 0 Å². The van der Waals surface area contributed by atoms with Crippen LogP contribution in [-0.4, -0.2) is 48.9 Å². The van der Waals surface area contributed by atoms with Gasteiger partial charge in [0, 0.05) is 38.2 Å². The fraction of sp³-hybridized carbons (Fsp3) is 0.435. The standard InChI is InChI=1S/C23H33N5O3/c1-4-24-23(25-13-12-21(29)28(5-2)6-3)27-16-18-9-7-10-19(15-18)22(30)26-17-20-11-8-14-31-20/h7-11,14-15H,4-6,12-13,16-17H2,1-3H3,(H,26,30)(H2,24,25,27). The molecule has 0 aliphatic heterocycles. The third-order valence-corrected chi connectivity index (χ3v) is 4.70. The molecule has 2 aromatic rings. The number of guanidine groups is 1. The number of aliphatic imine (C=N–C) groups is 1. The number of carbonyl (C=O) groups is 2. The molecule has 2 rings (SSSR count). The minimum absolute atomic E-state index is 0.126. The van der Waals surface area contributed by atoms with E-state index in [4.69, 9.17) is 4.42 Å². The average Bonchev–Trinajstić information content (AvgIpc) is 3.30. The van der Waals surface area contributed by atoms with Crippen molar-refractivity contribution < 1.29 is 14.0 Å². The number of rotatable bonds is 11. The van der Waals surface area contributed by atoms with Gasteiger partial charge >= 0.3 is 0 Å². The maximum absolute atomic E-state index is 12.4. The Labute approximate surface area is 184 Å². The number of nitrogens with one attached hydrogen (secondary N) is 3. The van der Waals surface area contributed by atoms with E-state index < -0.39 is 0 Å². The molecule has 1 aromatic carbocycles. The van der Waals surface area contributed by atoms with Gasteiger partial charge in [-0.25, -0.2) is 4.99 Å². The lowest BCUT2D eigenvalue weighted by Crippen LogP contribution is -2.40. The maximum atomic E-state index is 12.4. The van der Waals surface area contributed by atoms with Crippen LogP contribution in [0.5, 0.6) is 0 Å². The summed E-state index contributed by atoms with van der Waals surface area (Å²) in [6, 6.07) is 11.0. The molecular formula is C23H33N5O3. The summed E-state index contributed by atoms with van der Waals surface area (Å²) in [5.74, 6) is 1.31. The highest BCUT2D eigenvalue weighted by Gasteiger charge is 2.10. The molecule has 0 aliphatic rings. The van der Waals surface area contributed by atoms with Gasteiger partial charge in [0.05, 0.1) is 19.4 Å². The molecule has 0 unspecified atom stereocenters. The summed E-state index contributed by atoms with van der Waals surface area (Å²) in [5.41, 5.74) is 1.49. The summed E-state index contributed by atoms with van der Waals surface area (Å²) < 4.78 is 5.23. The van der Waals surface area contributed by atoms with E-state index in [-0.39, 0.29) is 11.8 Å². The molecular weight excluding hydrogens is 394 g/mol. The van der Waals surface area contributed by atoms with Gasteiger partial charge in [0.1, 0.15) is 5.76 Å². The number of hydrogen-bond donors (Lipinski definition) is 3. The molecule has 0 fully saturated rings. The molecule has 1 aromatic heterocycles. The van der Waals surface area contributed by atoms with Crippen LogP contribution in [0.4, 0.5) is 0 Å². The van der Waals surface area contributed by atoms with Crippen molar-refractivity contribution in [3.8, 4) is 0 Å². The van der Waals surface area contributed by atoms with Crippen LogP contribution in [0.25, 0.3) is 0 Å². The Morgan fingerprint density at radius 2 is 1.84 bits per heavy atom. The summed E-state index contributed by atoms with van der Waals surface area (Å²) in [6.45, 7) is 9.36. The van der Waals surface area contributed by atoms with Gasteiger partial charge in [-0.3, -0.25) is 9.59 Å². The molecule has 0 atom stereocenters. The third-order valence-electron chi connectivity index (χ3n) is 4.70. The van der Waals surface area contributed by atoms with Gasteiger partial charge in [-0.1, -0.05) is 12.1 Å². The largest absolute Gasteiger partial charge is 0.467 e. The number of carbonyl (C=O) groups excluding carboxylic acids is 2. The second-order valence-corrected chi connectivity index (χ2v) is 6.90. The zero-order valence-corrected chi connectivity index (χ0v) is 18.6. The Balaban J connectivity index is 1.90. The molecule has 0 saturated heterocycles. The van der Waals surface area contributed by atoms with Crippen molar-refractivity contribution in [2.45, 2.75) is 40.3 Å². The van der Waals surface area contributed by atoms with Crippen molar-refractivity contribution in [2.24, 2.45) is 4.99 Å². The zero-order valence-electron chi connectivity index (χ0n) is 18.6. The topological polar surface area (TPSA) is 99.0 Å². The molecule has 31 heavy (non-hydrogen) atoms. The Kier molecular flexibility index (Phi) is 10.1. The fourth-order valence-corrected chi connectivity index (χ4v) is 3.03. The molecule has 0 radical (unpaired) electrons. The molecule has 168 valence electrons. The lowest BCUT2D eigenvalue weighted by molar-refractivity contribution is -0.130. The first-order valence-corrected chi connectivity index (χ1v) is 10.8. The van der Waals surface area contributed by atoms with Crippen molar-refractivity contribution in [2.75, 3.05) is 26.2 Å². The van der Waals surface area contributed by atoms with E-state index in [1.54, 1.807) is 18.4 Å². The Bertz CT molecular complexity index is 845. The van der Waals surface area contributed by atoms with Gasteiger partial charge < -0.3 is 25.3 Å². The predicted molar refractivity (Wildman–Crippen MR) is 122 cm³/mol. The Morgan fingerprint density at radius 1 is 1.03 bits per heavy atom. The molecule has 2 amide bonds. The summed E-state index contributed by atoms with van der Waals surface area (Å²) in [4.78, 5) is 30.9. The number of furan rings is 1. The Hall–Kier alpha value is -3.29. The van der Waals surface area contributed by atoms with Gasteiger partial charge in [-0.15, -0.1) is 0 Å². The number of nitrogens with zero attached hydrogens (tertiary/aromatic N) is 2. The summed E-state index contributed by atoms with van der Waals surface area (Å²) in [5, 5.41) is 9.22. The first kappa shape index (κ1) is 24.0. The van der Waals surface area contributed by atoms with Gasteiger partial charge in [0.25, 0.3) is 5.91 Å². The quantitative estimate of drug-likeness (QED) is 0.378. The number of amides is 2. The summed E-state index contributed by atoms with van der Waals surface area (Å²) in [7, 11) is 0. The van der Waals surface area contributed by atoms with E-state index in [2.05, 4.69) is 20.9 Å². The van der Waals surface area contributed by atoms with Crippen LogP contribution in [0.3, 0.4) is 0 Å².